The maximum atomic E-state index is 12.6. The van der Waals surface area contributed by atoms with E-state index in [0.717, 1.165) is 4.90 Å². The Morgan fingerprint density at radius 1 is 1.36 bits per heavy atom. The highest BCUT2D eigenvalue weighted by Gasteiger charge is 2.61. The van der Waals surface area contributed by atoms with Crippen molar-refractivity contribution in [2.75, 3.05) is 6.54 Å². The number of likely N-dealkylation sites (tertiary alicyclic amines) is 1. The molecule has 1 rings (SSSR count). The predicted octanol–water partition coefficient (Wildman–Crippen LogP) is 0.146. The molecule has 22 heavy (non-hydrogen) atoms. The second-order valence-corrected chi connectivity index (χ2v) is 5.95. The van der Waals surface area contributed by atoms with Crippen LogP contribution < -0.4 is 5.73 Å². The normalized spacial score (nSPS) is 27.5. The third-order valence-corrected chi connectivity index (χ3v) is 4.57. The van der Waals surface area contributed by atoms with Crippen molar-refractivity contribution in [2.45, 2.75) is 64.1 Å². The minimum atomic E-state index is -2.20. The zero-order valence-corrected chi connectivity index (χ0v) is 13.4. The highest BCUT2D eigenvalue weighted by atomic mass is 16.4. The summed E-state index contributed by atoms with van der Waals surface area (Å²) in [6.07, 6.45) is -0.254. The third kappa shape index (κ3) is 2.87. The molecule has 1 aliphatic heterocycles. The Morgan fingerprint density at radius 3 is 2.41 bits per heavy atom. The van der Waals surface area contributed by atoms with Gasteiger partial charge in [0, 0.05) is 13.0 Å². The molecule has 7 nitrogen and oxygen atoms in total. The quantitative estimate of drug-likeness (QED) is 0.575. The van der Waals surface area contributed by atoms with Crippen LogP contribution >= 0.6 is 0 Å². The molecule has 1 fully saturated rings. The van der Waals surface area contributed by atoms with Crippen molar-refractivity contribution >= 4 is 17.7 Å². The van der Waals surface area contributed by atoms with Gasteiger partial charge in [-0.05, 0) is 18.8 Å². The number of carbonyl (C=O) groups excluding carboxylic acids is 2. The van der Waals surface area contributed by atoms with Gasteiger partial charge in [-0.3, -0.25) is 9.59 Å². The van der Waals surface area contributed by atoms with Crippen LogP contribution in [0, 0.1) is 5.92 Å². The molecule has 1 aliphatic rings. The Balaban J connectivity index is 3.24. The maximum absolute atomic E-state index is 12.6. The molecule has 0 radical (unpaired) electrons. The van der Waals surface area contributed by atoms with Crippen molar-refractivity contribution < 1.29 is 24.6 Å². The first-order valence-corrected chi connectivity index (χ1v) is 7.76. The van der Waals surface area contributed by atoms with Crippen LogP contribution in [0.25, 0.3) is 0 Å². The highest BCUT2D eigenvalue weighted by molar-refractivity contribution is 6.12. The van der Waals surface area contributed by atoms with Crippen LogP contribution in [0.1, 0.15) is 46.5 Å². The number of aliphatic hydroxyl groups is 1. The van der Waals surface area contributed by atoms with Crippen molar-refractivity contribution in [1.82, 2.24) is 4.90 Å². The molecule has 0 aromatic carbocycles. The van der Waals surface area contributed by atoms with Crippen molar-refractivity contribution in [3.05, 3.63) is 0 Å². The van der Waals surface area contributed by atoms with E-state index in [4.69, 9.17) is 5.73 Å². The van der Waals surface area contributed by atoms with Crippen LogP contribution in [0.2, 0.25) is 0 Å². The van der Waals surface area contributed by atoms with Crippen molar-refractivity contribution in [3.8, 4) is 0 Å². The van der Waals surface area contributed by atoms with Crippen LogP contribution in [0.5, 0.6) is 0 Å². The Bertz CT molecular complexity index is 453. The molecule has 1 amide bonds. The molecular weight excluding hydrogens is 288 g/mol. The molecule has 4 unspecified atom stereocenters. The standard InChI is InChI=1S/C15H26N2O5/c1-4-6-10(18)15(14(21)22)11(19)7-8-17(15)13(20)12(16)9(3)5-2/h9,11-12,19H,4-8,16H2,1-3H3,(H,21,22). The van der Waals surface area contributed by atoms with E-state index in [1.807, 2.05) is 6.92 Å². The minimum Gasteiger partial charge on any atom is -0.479 e. The number of aliphatic hydroxyl groups excluding tert-OH is 1. The lowest BCUT2D eigenvalue weighted by Gasteiger charge is -2.37. The first-order valence-electron chi connectivity index (χ1n) is 7.76. The Morgan fingerprint density at radius 2 is 1.95 bits per heavy atom. The molecule has 4 atom stereocenters. The minimum absolute atomic E-state index is 0.00822. The largest absolute Gasteiger partial charge is 0.479 e. The van der Waals surface area contributed by atoms with Gasteiger partial charge < -0.3 is 20.8 Å². The number of hydrogen-bond acceptors (Lipinski definition) is 5. The Kier molecular flexibility index (Phi) is 6.08. The van der Waals surface area contributed by atoms with Crippen LogP contribution in [0.15, 0.2) is 0 Å². The van der Waals surface area contributed by atoms with E-state index in [1.165, 1.54) is 0 Å². The number of amides is 1. The van der Waals surface area contributed by atoms with Gasteiger partial charge in [-0.25, -0.2) is 4.79 Å². The lowest BCUT2D eigenvalue weighted by Crippen LogP contribution is -2.66. The number of ketones is 1. The van der Waals surface area contributed by atoms with Gasteiger partial charge in [0.05, 0.1) is 12.1 Å². The molecule has 0 aromatic rings. The summed E-state index contributed by atoms with van der Waals surface area (Å²) in [6, 6.07) is -0.886. The van der Waals surface area contributed by atoms with Crippen LogP contribution in [-0.4, -0.2) is 57.0 Å². The summed E-state index contributed by atoms with van der Waals surface area (Å²) in [6.45, 7) is 5.44. The van der Waals surface area contributed by atoms with E-state index in [-0.39, 0.29) is 25.3 Å². The highest BCUT2D eigenvalue weighted by Crippen LogP contribution is 2.34. The molecule has 0 spiro atoms. The predicted molar refractivity (Wildman–Crippen MR) is 80.0 cm³/mol. The Hall–Kier alpha value is -1.47. The molecule has 0 saturated carbocycles. The number of aliphatic carboxylic acids is 1. The zero-order valence-electron chi connectivity index (χ0n) is 13.4. The first kappa shape index (κ1) is 18.6. The van der Waals surface area contributed by atoms with E-state index in [9.17, 15) is 24.6 Å². The number of carbonyl (C=O) groups is 3. The van der Waals surface area contributed by atoms with Crippen LogP contribution in [-0.2, 0) is 14.4 Å². The van der Waals surface area contributed by atoms with Gasteiger partial charge in [-0.15, -0.1) is 0 Å². The summed E-state index contributed by atoms with van der Waals surface area (Å²) in [7, 11) is 0. The number of nitrogens with two attached hydrogens (primary N) is 1. The van der Waals surface area contributed by atoms with Crippen LogP contribution in [0.3, 0.4) is 0 Å². The summed E-state index contributed by atoms with van der Waals surface area (Å²) in [5, 5.41) is 19.8. The van der Waals surface area contributed by atoms with Gasteiger partial charge in [-0.2, -0.15) is 0 Å². The van der Waals surface area contributed by atoms with E-state index in [0.29, 0.717) is 12.8 Å². The molecule has 0 aromatic heterocycles. The molecule has 7 heteroatoms. The second-order valence-electron chi connectivity index (χ2n) is 5.95. The van der Waals surface area contributed by atoms with E-state index in [2.05, 4.69) is 0 Å². The monoisotopic (exact) mass is 314 g/mol. The zero-order chi connectivity index (χ0) is 17.1. The van der Waals surface area contributed by atoms with Gasteiger partial charge in [0.25, 0.3) is 0 Å². The van der Waals surface area contributed by atoms with E-state index < -0.39 is 35.3 Å². The van der Waals surface area contributed by atoms with E-state index in [1.54, 1.807) is 13.8 Å². The molecule has 0 bridgehead atoms. The van der Waals surface area contributed by atoms with Gasteiger partial charge in [0.15, 0.2) is 5.78 Å². The van der Waals surface area contributed by atoms with Crippen LogP contribution in [0.4, 0.5) is 0 Å². The van der Waals surface area contributed by atoms with Crippen molar-refractivity contribution in [1.29, 1.82) is 0 Å². The fourth-order valence-electron chi connectivity index (χ4n) is 2.91. The lowest BCUT2D eigenvalue weighted by atomic mass is 9.85. The number of hydrogen-bond donors (Lipinski definition) is 3. The molecule has 1 heterocycles. The van der Waals surface area contributed by atoms with E-state index >= 15 is 0 Å². The summed E-state index contributed by atoms with van der Waals surface area (Å²) < 4.78 is 0. The summed E-state index contributed by atoms with van der Waals surface area (Å²) in [4.78, 5) is 37.8. The number of Topliss-reactive ketones (excluding diaryl/α,β-unsaturated/α-hetero) is 1. The van der Waals surface area contributed by atoms with Gasteiger partial charge in [-0.1, -0.05) is 27.2 Å². The summed E-state index contributed by atoms with van der Waals surface area (Å²) in [5.74, 6) is -2.85. The molecule has 126 valence electrons. The van der Waals surface area contributed by atoms with Crippen molar-refractivity contribution in [2.24, 2.45) is 11.7 Å². The van der Waals surface area contributed by atoms with Gasteiger partial charge in [0.2, 0.25) is 11.4 Å². The fourth-order valence-corrected chi connectivity index (χ4v) is 2.91. The SMILES string of the molecule is CCCC(=O)C1(C(=O)O)C(O)CCN1C(=O)C(N)C(C)CC. The first-order chi connectivity index (χ1) is 10.2. The number of carboxylic acid groups (broad SMARTS) is 1. The summed E-state index contributed by atoms with van der Waals surface area (Å²) >= 11 is 0. The fraction of sp³-hybridized carbons (Fsp3) is 0.800. The topological polar surface area (TPSA) is 121 Å². The third-order valence-electron chi connectivity index (χ3n) is 4.57. The lowest BCUT2D eigenvalue weighted by molar-refractivity contribution is -0.168. The average Bonchev–Trinajstić information content (AvgIpc) is 2.83. The van der Waals surface area contributed by atoms with Gasteiger partial charge in [0.1, 0.15) is 0 Å². The smallest absolute Gasteiger partial charge is 0.340 e. The molecule has 1 saturated heterocycles. The number of rotatable bonds is 7. The average molecular weight is 314 g/mol. The van der Waals surface area contributed by atoms with Crippen molar-refractivity contribution in [3.63, 3.8) is 0 Å². The molecule has 0 aliphatic carbocycles. The molecule has 4 N–H and O–H groups in total. The maximum Gasteiger partial charge on any atom is 0.340 e. The summed E-state index contributed by atoms with van der Waals surface area (Å²) in [5.41, 5.74) is 3.72. The Labute approximate surface area is 130 Å². The van der Waals surface area contributed by atoms with Gasteiger partial charge >= 0.3 is 5.97 Å². The number of nitrogens with zero attached hydrogens (tertiary/aromatic N) is 1. The number of carboxylic acids is 1. The second kappa shape index (κ2) is 7.19. The molecular formula is C15H26N2O5.